The molecule has 0 bridgehead atoms. The fourth-order valence-corrected chi connectivity index (χ4v) is 2.81. The third kappa shape index (κ3) is 3.21. The molecule has 2 aromatic rings. The van der Waals surface area contributed by atoms with Crippen molar-refractivity contribution in [2.24, 2.45) is 7.05 Å². The molecule has 0 saturated heterocycles. The maximum Gasteiger partial charge on any atom is 0.334 e. The van der Waals surface area contributed by atoms with E-state index < -0.39 is 0 Å². The molecule has 0 aliphatic carbocycles. The van der Waals surface area contributed by atoms with Gasteiger partial charge in [-0.05, 0) is 0 Å². The Kier molecular flexibility index (Phi) is 4.56. The Hall–Kier alpha value is -1.96. The maximum absolute atomic E-state index is 11.3. The largest absolute Gasteiger partial charge is 0.364 e. The van der Waals surface area contributed by atoms with Crippen LogP contribution < -0.4 is 5.32 Å². The lowest BCUT2D eigenvalue weighted by Crippen LogP contribution is -2.13. The van der Waals surface area contributed by atoms with Crippen molar-refractivity contribution in [2.45, 2.75) is 32.6 Å². The molecule has 0 aromatic carbocycles. The lowest BCUT2D eigenvalue weighted by molar-refractivity contribution is -0.384. The van der Waals surface area contributed by atoms with Crippen LogP contribution in [0.15, 0.2) is 11.6 Å². The lowest BCUT2D eigenvalue weighted by atomic mass is 10.1. The summed E-state index contributed by atoms with van der Waals surface area (Å²) in [6.07, 6.45) is 1.76. The Balaban J connectivity index is 2.21. The number of hydrogen-bond donors (Lipinski definition) is 1. The van der Waals surface area contributed by atoms with Crippen molar-refractivity contribution in [1.29, 1.82) is 0 Å². The highest BCUT2D eigenvalue weighted by molar-refractivity contribution is 7.09. The Morgan fingerprint density at radius 3 is 2.71 bits per heavy atom. The average molecular weight is 309 g/mol. The van der Waals surface area contributed by atoms with Crippen molar-refractivity contribution in [3.8, 4) is 0 Å². The van der Waals surface area contributed by atoms with E-state index in [0.717, 1.165) is 5.01 Å². The lowest BCUT2D eigenvalue weighted by Gasteiger charge is -2.10. The van der Waals surface area contributed by atoms with E-state index in [9.17, 15) is 10.1 Å². The number of aryl methyl sites for hydroxylation is 1. The first-order valence-electron chi connectivity index (χ1n) is 6.76. The topological polar surface area (TPSA) is 85.9 Å². The van der Waals surface area contributed by atoms with Crippen LogP contribution >= 0.6 is 11.3 Å². The van der Waals surface area contributed by atoms with Gasteiger partial charge in [0.2, 0.25) is 5.82 Å². The minimum Gasteiger partial charge on any atom is -0.364 e. The third-order valence-electron chi connectivity index (χ3n) is 3.23. The molecule has 0 saturated carbocycles. The van der Waals surface area contributed by atoms with E-state index in [4.69, 9.17) is 0 Å². The van der Waals surface area contributed by atoms with E-state index in [0.29, 0.717) is 18.1 Å². The van der Waals surface area contributed by atoms with E-state index in [1.165, 1.54) is 0 Å². The Morgan fingerprint density at radius 1 is 1.48 bits per heavy atom. The molecule has 114 valence electrons. The number of anilines is 1. The van der Waals surface area contributed by atoms with Crippen molar-refractivity contribution in [1.82, 2.24) is 14.8 Å². The fraction of sp³-hybridized carbons (Fsp3) is 0.538. The van der Waals surface area contributed by atoms with Crippen LogP contribution in [0.3, 0.4) is 0 Å². The van der Waals surface area contributed by atoms with Crippen LogP contribution in [0.25, 0.3) is 0 Å². The summed E-state index contributed by atoms with van der Waals surface area (Å²) in [5.74, 6) is 0.637. The van der Waals surface area contributed by atoms with Gasteiger partial charge in [-0.2, -0.15) is 5.10 Å². The molecule has 8 heteroatoms. The second-order valence-corrected chi connectivity index (χ2v) is 6.20. The number of rotatable bonds is 6. The summed E-state index contributed by atoms with van der Waals surface area (Å²) in [5, 5.41) is 21.7. The molecule has 21 heavy (non-hydrogen) atoms. The minimum atomic E-state index is -0.362. The Labute approximate surface area is 127 Å². The first kappa shape index (κ1) is 15.4. The molecule has 1 N–H and O–H groups in total. The first-order valence-corrected chi connectivity index (χ1v) is 7.64. The first-order chi connectivity index (χ1) is 9.91. The van der Waals surface area contributed by atoms with Crippen LogP contribution in [0, 0.1) is 10.1 Å². The van der Waals surface area contributed by atoms with Gasteiger partial charge < -0.3 is 5.32 Å². The molecular formula is C13H19N5O2S. The van der Waals surface area contributed by atoms with Gasteiger partial charge in [0.05, 0.1) is 9.93 Å². The van der Waals surface area contributed by atoms with Crippen LogP contribution in [0.4, 0.5) is 11.5 Å². The van der Waals surface area contributed by atoms with Crippen molar-refractivity contribution in [3.63, 3.8) is 0 Å². The summed E-state index contributed by atoms with van der Waals surface area (Å²) < 4.78 is 1.54. The third-order valence-corrected chi connectivity index (χ3v) is 4.23. The molecule has 0 spiro atoms. The zero-order valence-corrected chi connectivity index (χ0v) is 13.3. The molecule has 0 radical (unpaired) electrons. The highest BCUT2D eigenvalue weighted by Gasteiger charge is 2.28. The number of aromatic nitrogens is 3. The quantitative estimate of drug-likeness (QED) is 0.654. The number of thiazole rings is 1. The molecule has 1 unspecified atom stereocenters. The predicted octanol–water partition coefficient (Wildman–Crippen LogP) is 3.12. The van der Waals surface area contributed by atoms with Crippen LogP contribution in [0.5, 0.6) is 0 Å². The van der Waals surface area contributed by atoms with Gasteiger partial charge in [-0.3, -0.25) is 10.1 Å². The van der Waals surface area contributed by atoms with Crippen molar-refractivity contribution in [2.75, 3.05) is 11.9 Å². The highest BCUT2D eigenvalue weighted by Crippen LogP contribution is 2.33. The average Bonchev–Trinajstić information content (AvgIpc) is 3.03. The fourth-order valence-electron chi connectivity index (χ4n) is 2.12. The molecule has 2 aromatic heterocycles. The van der Waals surface area contributed by atoms with Gasteiger partial charge in [0.25, 0.3) is 0 Å². The summed E-state index contributed by atoms with van der Waals surface area (Å²) >= 11 is 1.58. The minimum absolute atomic E-state index is 0.00327. The maximum atomic E-state index is 11.3. The van der Waals surface area contributed by atoms with Crippen LogP contribution in [-0.4, -0.2) is 26.2 Å². The van der Waals surface area contributed by atoms with Gasteiger partial charge in [0, 0.05) is 37.0 Å². The molecule has 0 aliphatic heterocycles. The molecule has 0 aliphatic rings. The molecule has 2 rings (SSSR count). The molecular weight excluding hydrogens is 290 g/mol. The number of nitrogens with one attached hydrogen (secondary N) is 1. The van der Waals surface area contributed by atoms with Gasteiger partial charge in [0.1, 0.15) is 5.69 Å². The Morgan fingerprint density at radius 2 is 2.19 bits per heavy atom. The summed E-state index contributed by atoms with van der Waals surface area (Å²) in [4.78, 5) is 15.2. The van der Waals surface area contributed by atoms with Crippen molar-refractivity contribution >= 4 is 22.8 Å². The number of nitro groups is 1. The number of nitrogens with zero attached hydrogens (tertiary/aromatic N) is 4. The van der Waals surface area contributed by atoms with E-state index >= 15 is 0 Å². The van der Waals surface area contributed by atoms with Crippen molar-refractivity contribution in [3.05, 3.63) is 32.4 Å². The number of hydrogen-bond acceptors (Lipinski definition) is 6. The summed E-state index contributed by atoms with van der Waals surface area (Å²) in [6, 6.07) is 0. The molecule has 0 amide bonds. The second kappa shape index (κ2) is 6.21. The van der Waals surface area contributed by atoms with E-state index in [2.05, 4.69) is 15.4 Å². The van der Waals surface area contributed by atoms with E-state index in [1.54, 1.807) is 29.3 Å². The molecule has 1 atom stereocenters. The summed E-state index contributed by atoms with van der Waals surface area (Å²) in [5.41, 5.74) is 0.575. The normalized spacial score (nSPS) is 12.6. The predicted molar refractivity (Wildman–Crippen MR) is 83.0 cm³/mol. The van der Waals surface area contributed by atoms with Crippen LogP contribution in [-0.2, 0) is 7.05 Å². The van der Waals surface area contributed by atoms with Gasteiger partial charge in [-0.15, -0.1) is 11.3 Å². The SMILES string of the molecule is CC(C)c1nn(C)c(NCC(C)c2nccs2)c1[N+](=O)[O-]. The van der Waals surface area contributed by atoms with E-state index in [1.807, 2.05) is 26.2 Å². The highest BCUT2D eigenvalue weighted by atomic mass is 32.1. The monoisotopic (exact) mass is 309 g/mol. The summed E-state index contributed by atoms with van der Waals surface area (Å²) in [6.45, 7) is 6.41. The Bertz CT molecular complexity index is 621. The van der Waals surface area contributed by atoms with Gasteiger partial charge in [0.15, 0.2) is 0 Å². The molecule has 2 heterocycles. The molecule has 7 nitrogen and oxygen atoms in total. The van der Waals surface area contributed by atoms with Gasteiger partial charge in [-0.25, -0.2) is 9.67 Å². The second-order valence-electron chi connectivity index (χ2n) is 5.27. The van der Waals surface area contributed by atoms with Crippen LogP contribution in [0.2, 0.25) is 0 Å². The smallest absolute Gasteiger partial charge is 0.334 e. The van der Waals surface area contributed by atoms with E-state index in [-0.39, 0.29) is 22.4 Å². The standard InChI is InChI=1S/C13H19N5O2S/c1-8(2)10-11(18(19)20)12(17(4)16-10)15-7-9(3)13-14-5-6-21-13/h5-6,8-9,15H,7H2,1-4H3. The summed E-state index contributed by atoms with van der Waals surface area (Å²) in [7, 11) is 1.72. The van der Waals surface area contributed by atoms with Gasteiger partial charge >= 0.3 is 5.69 Å². The molecule has 0 fully saturated rings. The zero-order chi connectivity index (χ0) is 15.6. The van der Waals surface area contributed by atoms with Gasteiger partial charge in [-0.1, -0.05) is 20.8 Å². The van der Waals surface area contributed by atoms with Crippen LogP contribution in [0.1, 0.15) is 43.3 Å². The zero-order valence-electron chi connectivity index (χ0n) is 12.5. The van der Waals surface area contributed by atoms with Crippen molar-refractivity contribution < 1.29 is 4.92 Å².